The van der Waals surface area contributed by atoms with Gasteiger partial charge in [0.05, 0.1) is 0 Å². The summed E-state index contributed by atoms with van der Waals surface area (Å²) in [5.41, 5.74) is 0.819. The van der Waals surface area contributed by atoms with Gasteiger partial charge in [-0.1, -0.05) is 42.5 Å². The van der Waals surface area contributed by atoms with E-state index in [-0.39, 0.29) is 5.92 Å². The highest BCUT2D eigenvalue weighted by Crippen LogP contribution is 2.34. The smallest absolute Gasteiger partial charge is 0.284 e. The summed E-state index contributed by atoms with van der Waals surface area (Å²) in [6.07, 6.45) is 4.15. The quantitative estimate of drug-likeness (QED) is 0.644. The van der Waals surface area contributed by atoms with Gasteiger partial charge in [0, 0.05) is 5.92 Å². The molecule has 8 heteroatoms. The molecule has 20 heavy (non-hydrogen) atoms. The van der Waals surface area contributed by atoms with E-state index in [0.29, 0.717) is 0 Å². The van der Waals surface area contributed by atoms with E-state index in [0.717, 1.165) is 17.7 Å². The van der Waals surface area contributed by atoms with E-state index >= 15 is 0 Å². The zero-order valence-corrected chi connectivity index (χ0v) is 11.8. The minimum Gasteiger partial charge on any atom is -0.284 e. The summed E-state index contributed by atoms with van der Waals surface area (Å²) in [4.78, 5) is 0. The van der Waals surface area contributed by atoms with Crippen LogP contribution in [0.1, 0.15) is 11.5 Å². The highest BCUT2D eigenvalue weighted by Gasteiger charge is 2.51. The van der Waals surface area contributed by atoms with Crippen LogP contribution in [0.3, 0.4) is 0 Å². The van der Waals surface area contributed by atoms with Gasteiger partial charge in [-0.3, -0.25) is 9.11 Å². The summed E-state index contributed by atoms with van der Waals surface area (Å²) in [5.74, 6) is -0.340. The van der Waals surface area contributed by atoms with Crippen LogP contribution in [-0.4, -0.2) is 30.0 Å². The van der Waals surface area contributed by atoms with Crippen LogP contribution in [0.15, 0.2) is 54.6 Å². The van der Waals surface area contributed by atoms with Gasteiger partial charge in [0.15, 0.2) is 0 Å². The van der Waals surface area contributed by atoms with E-state index in [4.69, 9.17) is 9.11 Å². The molecule has 0 aliphatic heterocycles. The lowest BCUT2D eigenvalue weighted by molar-refractivity contribution is 0.449. The molecule has 1 aliphatic rings. The Hall–Kier alpha value is -1.48. The van der Waals surface area contributed by atoms with Crippen molar-refractivity contribution in [2.75, 3.05) is 0 Å². The third-order valence-corrected chi connectivity index (χ3v) is 6.48. The van der Waals surface area contributed by atoms with Gasteiger partial charge in [0.1, 0.15) is 0 Å². The van der Waals surface area contributed by atoms with Gasteiger partial charge in [-0.05, 0) is 17.7 Å². The number of rotatable bonds is 3. The van der Waals surface area contributed by atoms with E-state index in [9.17, 15) is 16.8 Å². The maximum atomic E-state index is 11.3. The average molecular weight is 316 g/mol. The summed E-state index contributed by atoms with van der Waals surface area (Å²) in [7, 11) is -10.1. The topological polar surface area (TPSA) is 109 Å². The van der Waals surface area contributed by atoms with Crippen LogP contribution in [0.4, 0.5) is 0 Å². The molecule has 1 aromatic carbocycles. The second kappa shape index (κ2) is 4.81. The Morgan fingerprint density at radius 2 is 1.30 bits per heavy atom. The first-order valence-electron chi connectivity index (χ1n) is 5.55. The van der Waals surface area contributed by atoms with Crippen LogP contribution in [0, 0.1) is 0 Å². The van der Waals surface area contributed by atoms with E-state index in [1.807, 2.05) is 0 Å². The molecule has 0 atom stereocenters. The van der Waals surface area contributed by atoms with Crippen molar-refractivity contribution in [1.82, 2.24) is 0 Å². The third kappa shape index (κ3) is 2.42. The fourth-order valence-electron chi connectivity index (χ4n) is 1.97. The average Bonchev–Trinajstić information content (AvgIpc) is 2.37. The van der Waals surface area contributed by atoms with E-state index in [1.165, 1.54) is 12.2 Å². The molecular weight excluding hydrogens is 304 g/mol. The highest BCUT2D eigenvalue weighted by atomic mass is 32.3. The Kier molecular flexibility index (Phi) is 3.59. The van der Waals surface area contributed by atoms with Crippen molar-refractivity contribution in [2.45, 2.75) is 10.00 Å². The van der Waals surface area contributed by atoms with Crippen molar-refractivity contribution in [2.24, 2.45) is 0 Å². The molecule has 1 aromatic rings. The molecule has 2 N–H and O–H groups in total. The van der Waals surface area contributed by atoms with E-state index < -0.39 is 24.3 Å². The van der Waals surface area contributed by atoms with Gasteiger partial charge in [-0.2, -0.15) is 16.8 Å². The minimum atomic E-state index is -5.06. The SMILES string of the molecule is O=S(=O)(O)C1(S(=O)(=O)O)C=CC(c2ccccc2)C=C1. The lowest BCUT2D eigenvalue weighted by atomic mass is 9.95. The predicted molar refractivity (Wildman–Crippen MR) is 73.3 cm³/mol. The molecule has 0 bridgehead atoms. The van der Waals surface area contributed by atoms with Crippen LogP contribution >= 0.6 is 0 Å². The predicted octanol–water partition coefficient (Wildman–Crippen LogP) is 1.37. The molecule has 0 spiro atoms. The summed E-state index contributed by atoms with van der Waals surface area (Å²) in [6.45, 7) is 0. The zero-order chi connectivity index (χ0) is 15.0. The van der Waals surface area contributed by atoms with Gasteiger partial charge in [0.2, 0.25) is 0 Å². The maximum absolute atomic E-state index is 11.3. The number of allylic oxidation sites excluding steroid dienone is 2. The van der Waals surface area contributed by atoms with Crippen LogP contribution in [0.25, 0.3) is 0 Å². The lowest BCUT2D eigenvalue weighted by Crippen LogP contribution is -2.43. The summed E-state index contributed by atoms with van der Waals surface area (Å²) < 4.78 is 60.6. The highest BCUT2D eigenvalue weighted by molar-refractivity contribution is 8.05. The van der Waals surface area contributed by atoms with Crippen molar-refractivity contribution < 1.29 is 25.9 Å². The third-order valence-electron chi connectivity index (χ3n) is 3.06. The van der Waals surface area contributed by atoms with Crippen molar-refractivity contribution in [3.8, 4) is 0 Å². The normalized spacial score (nSPS) is 19.1. The Balaban J connectivity index is 2.49. The molecule has 0 unspecified atom stereocenters. The van der Waals surface area contributed by atoms with Crippen LogP contribution in [0.2, 0.25) is 0 Å². The van der Waals surface area contributed by atoms with Crippen LogP contribution in [-0.2, 0) is 20.2 Å². The largest absolute Gasteiger partial charge is 0.295 e. The number of benzene rings is 1. The van der Waals surface area contributed by atoms with Crippen molar-refractivity contribution >= 4 is 20.2 Å². The number of hydrogen-bond donors (Lipinski definition) is 2. The van der Waals surface area contributed by atoms with Gasteiger partial charge in [-0.15, -0.1) is 0 Å². The second-order valence-corrected chi connectivity index (χ2v) is 7.84. The first-order chi connectivity index (χ1) is 9.17. The maximum Gasteiger partial charge on any atom is 0.295 e. The number of hydrogen-bond acceptors (Lipinski definition) is 4. The molecule has 0 heterocycles. The monoisotopic (exact) mass is 316 g/mol. The summed E-state index contributed by atoms with van der Waals surface area (Å²) >= 11 is 0. The molecule has 0 saturated heterocycles. The molecule has 6 nitrogen and oxygen atoms in total. The van der Waals surface area contributed by atoms with Crippen molar-refractivity contribution in [1.29, 1.82) is 0 Å². The molecule has 0 aromatic heterocycles. The van der Waals surface area contributed by atoms with Gasteiger partial charge >= 0.3 is 0 Å². The van der Waals surface area contributed by atoms with Crippen LogP contribution < -0.4 is 0 Å². The van der Waals surface area contributed by atoms with Gasteiger partial charge in [0.25, 0.3) is 24.3 Å². The molecule has 0 fully saturated rings. The lowest BCUT2D eigenvalue weighted by Gasteiger charge is -2.25. The molecule has 2 rings (SSSR count). The van der Waals surface area contributed by atoms with Gasteiger partial charge in [-0.25, -0.2) is 0 Å². The van der Waals surface area contributed by atoms with Crippen LogP contribution in [0.5, 0.6) is 0 Å². The molecule has 0 saturated carbocycles. The van der Waals surface area contributed by atoms with Crippen molar-refractivity contribution in [3.05, 3.63) is 60.2 Å². The first kappa shape index (κ1) is 14.9. The molecule has 0 radical (unpaired) electrons. The zero-order valence-electron chi connectivity index (χ0n) is 10.1. The fraction of sp³-hybridized carbons (Fsp3) is 0.167. The van der Waals surface area contributed by atoms with E-state index in [1.54, 1.807) is 30.3 Å². The molecular formula is C12H12O6S2. The Bertz CT molecular complexity index is 711. The molecule has 108 valence electrons. The fourth-order valence-corrected chi connectivity index (χ4v) is 4.04. The van der Waals surface area contributed by atoms with Gasteiger partial charge < -0.3 is 0 Å². The Morgan fingerprint density at radius 3 is 1.70 bits per heavy atom. The summed E-state index contributed by atoms with van der Waals surface area (Å²) in [6, 6.07) is 8.94. The second-order valence-electron chi connectivity index (χ2n) is 4.33. The first-order valence-corrected chi connectivity index (χ1v) is 8.43. The molecule has 0 amide bonds. The van der Waals surface area contributed by atoms with Crippen molar-refractivity contribution in [3.63, 3.8) is 0 Å². The minimum absolute atomic E-state index is 0.340. The molecule has 1 aliphatic carbocycles. The van der Waals surface area contributed by atoms with E-state index in [2.05, 4.69) is 0 Å². The standard InChI is InChI=1S/C12H12O6S2/c13-19(14,15)12(20(16,17)18)8-6-11(7-9-12)10-4-2-1-3-5-10/h1-9,11H,(H,13,14,15)(H,16,17,18). The Labute approximate surface area is 116 Å². The summed E-state index contributed by atoms with van der Waals surface area (Å²) in [5, 5.41) is 0. The Morgan fingerprint density at radius 1 is 0.850 bits per heavy atom.